The van der Waals surface area contributed by atoms with Crippen LogP contribution in [0, 0.1) is 0 Å². The molecule has 0 amide bonds. The van der Waals surface area contributed by atoms with Gasteiger partial charge in [0.2, 0.25) is 0 Å². The molecule has 9 nitrogen and oxygen atoms in total. The van der Waals surface area contributed by atoms with Crippen molar-refractivity contribution in [1.29, 1.82) is 0 Å². The summed E-state index contributed by atoms with van der Waals surface area (Å²) in [7, 11) is 0. The summed E-state index contributed by atoms with van der Waals surface area (Å²) in [6.07, 6.45) is 6.71. The molecule has 0 fully saturated rings. The molecular weight excluding hydrogens is 510 g/mol. The average molecular weight is 552 g/mol. The van der Waals surface area contributed by atoms with Gasteiger partial charge in [-0.1, -0.05) is 55.4 Å². The summed E-state index contributed by atoms with van der Waals surface area (Å²) in [5.41, 5.74) is 14.8. The van der Waals surface area contributed by atoms with Crippen LogP contribution in [0.2, 0.25) is 0 Å². The fraction of sp³-hybridized carbons (Fsp3) is 0.500. The number of fused-ring (bicyclic) bond motifs is 2. The molecule has 214 valence electrons. The topological polar surface area (TPSA) is 96.0 Å². The molecule has 1 N–H and O–H groups in total. The fourth-order valence-electron chi connectivity index (χ4n) is 6.79. The Hall–Kier alpha value is -3.88. The number of amidine groups is 4. The van der Waals surface area contributed by atoms with E-state index in [2.05, 4.69) is 60.9 Å². The molecule has 0 aliphatic carbocycles. The highest BCUT2D eigenvalue weighted by Crippen LogP contribution is 2.39. The van der Waals surface area contributed by atoms with Gasteiger partial charge in [-0.3, -0.25) is 0 Å². The van der Waals surface area contributed by atoms with E-state index >= 15 is 0 Å². The first-order valence-corrected chi connectivity index (χ1v) is 15.5. The van der Waals surface area contributed by atoms with Gasteiger partial charge in [0.1, 0.15) is 0 Å². The average Bonchev–Trinajstić information content (AvgIpc) is 3.67. The molecule has 0 atom stereocenters. The third-order valence-electron chi connectivity index (χ3n) is 8.76. The summed E-state index contributed by atoms with van der Waals surface area (Å²) >= 11 is 0. The Morgan fingerprint density at radius 2 is 0.732 bits per heavy atom. The molecule has 0 saturated heterocycles. The molecule has 4 aliphatic heterocycles. The highest BCUT2D eigenvalue weighted by Gasteiger charge is 2.31. The summed E-state index contributed by atoms with van der Waals surface area (Å²) < 4.78 is 4.09. The number of hydrogen-bond donors (Lipinski definition) is 1. The zero-order valence-corrected chi connectivity index (χ0v) is 25.7. The summed E-state index contributed by atoms with van der Waals surface area (Å²) in [5.74, 6) is 4.72. The van der Waals surface area contributed by atoms with E-state index in [4.69, 9.17) is 30.0 Å². The number of hydrogen-bond acceptors (Lipinski definition) is 7. The maximum absolute atomic E-state index is 5.29. The molecule has 6 bridgehead atoms. The lowest BCUT2D eigenvalue weighted by Gasteiger charge is -2.16. The van der Waals surface area contributed by atoms with Crippen LogP contribution in [0.25, 0.3) is 0 Å². The predicted molar refractivity (Wildman–Crippen MR) is 168 cm³/mol. The van der Waals surface area contributed by atoms with Crippen LogP contribution in [0.15, 0.2) is 52.2 Å². The number of rotatable bonds is 8. The van der Waals surface area contributed by atoms with Gasteiger partial charge in [-0.15, -0.1) is 0 Å². The highest BCUT2D eigenvalue weighted by molar-refractivity contribution is 6.22. The molecule has 0 saturated carbocycles. The molecule has 2 aromatic rings. The smallest absolute Gasteiger partial charge is 0.161 e. The van der Waals surface area contributed by atoms with Gasteiger partial charge in [0.05, 0.1) is 0 Å². The SMILES string of the molecule is CCC1=C(CC)/C2=N/c3c(CC)c(CC)c4n3Nn3/c(c(CC)c(CC)/c3=N/C3=NC(=N\4)/C(CC)=C3CC)=N\C1=N2. The molecule has 4 aliphatic rings. The molecule has 6 rings (SSSR count). The van der Waals surface area contributed by atoms with Crippen LogP contribution < -0.4 is 16.5 Å². The van der Waals surface area contributed by atoms with Crippen LogP contribution in [0.4, 0.5) is 11.6 Å². The molecule has 41 heavy (non-hydrogen) atoms. The van der Waals surface area contributed by atoms with Crippen molar-refractivity contribution < 1.29 is 0 Å². The molecule has 0 radical (unpaired) electrons. The molecule has 0 aromatic carbocycles. The van der Waals surface area contributed by atoms with Crippen LogP contribution in [-0.4, -0.2) is 32.7 Å². The molecular formula is C32H41N9. The van der Waals surface area contributed by atoms with Crippen molar-refractivity contribution in [2.24, 2.45) is 30.0 Å². The lowest BCUT2D eigenvalue weighted by molar-refractivity contribution is 0.698. The van der Waals surface area contributed by atoms with Crippen molar-refractivity contribution in [3.8, 4) is 0 Å². The van der Waals surface area contributed by atoms with Crippen LogP contribution in [0.3, 0.4) is 0 Å². The number of aromatic nitrogens is 2. The predicted octanol–water partition coefficient (Wildman–Crippen LogP) is 5.93. The Morgan fingerprint density at radius 1 is 0.390 bits per heavy atom. The first-order chi connectivity index (χ1) is 20.0. The number of aliphatic imine (C=N–C) groups is 4. The quantitative estimate of drug-likeness (QED) is 0.432. The van der Waals surface area contributed by atoms with Crippen molar-refractivity contribution in [3.05, 3.63) is 55.5 Å². The van der Waals surface area contributed by atoms with Gasteiger partial charge < -0.3 is 0 Å². The second-order valence-corrected chi connectivity index (χ2v) is 10.7. The minimum absolute atomic E-state index is 0.759. The molecule has 9 heteroatoms. The van der Waals surface area contributed by atoms with Gasteiger partial charge in [-0.2, -0.15) is 0 Å². The van der Waals surface area contributed by atoms with Crippen LogP contribution >= 0.6 is 0 Å². The Labute approximate surface area is 242 Å². The number of nitrogens with one attached hydrogen (secondary N) is 1. The van der Waals surface area contributed by atoms with Crippen LogP contribution in [0.1, 0.15) is 103 Å². The Balaban J connectivity index is 1.88. The van der Waals surface area contributed by atoms with E-state index in [0.29, 0.717) is 0 Å². The van der Waals surface area contributed by atoms with Crippen LogP contribution in [0.5, 0.6) is 0 Å². The van der Waals surface area contributed by atoms with E-state index in [-0.39, 0.29) is 0 Å². The summed E-state index contributed by atoms with van der Waals surface area (Å²) in [5, 5.41) is 0. The van der Waals surface area contributed by atoms with Gasteiger partial charge in [-0.05, 0) is 51.4 Å². The lowest BCUT2D eigenvalue weighted by atomic mass is 10.0. The maximum atomic E-state index is 5.29. The van der Waals surface area contributed by atoms with Crippen molar-refractivity contribution in [3.63, 3.8) is 0 Å². The summed E-state index contributed by atoms with van der Waals surface area (Å²) in [6, 6.07) is 0. The standard InChI is InChI=1S/C32H41N9/c1-9-17-18(10-2)26-33-25(17)35-29-21(13-5)22(14-6)31-37-27-19(11-3)20(12-4)28(34-27)38-32-24(16-8)23(15-7)30(36-26)41(32)39-40(29)31/h39H,9-16H2,1-8H3/b35-25-,35-29?,36-26?,36-30-,37-27-,37-31?,38-28?,38-32-. The monoisotopic (exact) mass is 551 g/mol. The van der Waals surface area contributed by atoms with Gasteiger partial charge >= 0.3 is 0 Å². The van der Waals surface area contributed by atoms with E-state index < -0.39 is 0 Å². The Bertz CT molecular complexity index is 1660. The fourth-order valence-corrected chi connectivity index (χ4v) is 6.79. The van der Waals surface area contributed by atoms with Gasteiger partial charge in [-0.25, -0.2) is 44.8 Å². The van der Waals surface area contributed by atoms with Crippen molar-refractivity contribution in [2.75, 3.05) is 5.53 Å². The summed E-state index contributed by atoms with van der Waals surface area (Å²) in [4.78, 5) is 31.3. The minimum Gasteiger partial charge on any atom is -0.224 e. The molecule has 0 unspecified atom stereocenters. The normalized spacial score (nSPS) is 21.3. The number of nitrogens with zero attached hydrogens (tertiary/aromatic N) is 8. The second-order valence-electron chi connectivity index (χ2n) is 10.7. The van der Waals surface area contributed by atoms with Crippen LogP contribution in [-0.2, 0) is 25.7 Å². The van der Waals surface area contributed by atoms with Crippen molar-refractivity contribution in [2.45, 2.75) is 107 Å². The van der Waals surface area contributed by atoms with Crippen molar-refractivity contribution >= 4 is 35.0 Å². The Morgan fingerprint density at radius 3 is 1.05 bits per heavy atom. The van der Waals surface area contributed by atoms with E-state index in [9.17, 15) is 0 Å². The van der Waals surface area contributed by atoms with Gasteiger partial charge in [0.15, 0.2) is 46.0 Å². The zero-order chi connectivity index (χ0) is 29.0. The van der Waals surface area contributed by atoms with E-state index in [1.807, 2.05) is 9.35 Å². The maximum Gasteiger partial charge on any atom is 0.161 e. The van der Waals surface area contributed by atoms with E-state index in [1.165, 1.54) is 44.5 Å². The van der Waals surface area contributed by atoms with E-state index in [0.717, 1.165) is 97.3 Å². The van der Waals surface area contributed by atoms with Gasteiger partial charge in [0.25, 0.3) is 0 Å². The molecule has 2 aromatic heterocycles. The van der Waals surface area contributed by atoms with E-state index in [1.54, 1.807) is 0 Å². The highest BCUT2D eigenvalue weighted by atomic mass is 15.7. The molecule has 6 heterocycles. The zero-order valence-electron chi connectivity index (χ0n) is 25.7. The summed E-state index contributed by atoms with van der Waals surface area (Å²) in [6.45, 7) is 17.5. The third kappa shape index (κ3) is 3.88. The first kappa shape index (κ1) is 27.3. The minimum atomic E-state index is 0.759. The lowest BCUT2D eigenvalue weighted by Crippen LogP contribution is -2.40. The van der Waals surface area contributed by atoms with Gasteiger partial charge in [0, 0.05) is 44.5 Å². The largest absolute Gasteiger partial charge is 0.224 e. The Kier molecular flexibility index (Phi) is 6.99. The van der Waals surface area contributed by atoms with Crippen molar-refractivity contribution in [1.82, 2.24) is 9.35 Å². The third-order valence-corrected chi connectivity index (χ3v) is 8.76. The first-order valence-electron chi connectivity index (χ1n) is 15.5. The molecule has 0 spiro atoms. The second kappa shape index (κ2) is 10.5.